The second-order valence-corrected chi connectivity index (χ2v) is 5.12. The molecule has 2 heterocycles. The number of nitrogens with one attached hydrogen (secondary N) is 1. The Morgan fingerprint density at radius 3 is 2.74 bits per heavy atom. The van der Waals surface area contributed by atoms with Crippen LogP contribution in [0.1, 0.15) is 0 Å². The summed E-state index contributed by atoms with van der Waals surface area (Å²) >= 11 is 0. The van der Waals surface area contributed by atoms with Gasteiger partial charge in [-0.15, -0.1) is 10.2 Å². The van der Waals surface area contributed by atoms with E-state index >= 15 is 0 Å². The van der Waals surface area contributed by atoms with Crippen molar-refractivity contribution in [3.05, 3.63) is 48.5 Å². The first-order valence-electron chi connectivity index (χ1n) is 7.28. The Morgan fingerprint density at radius 2 is 1.91 bits per heavy atom. The predicted molar refractivity (Wildman–Crippen MR) is 89.8 cm³/mol. The van der Waals surface area contributed by atoms with E-state index in [2.05, 4.69) is 20.5 Å². The molecule has 0 aliphatic carbocycles. The van der Waals surface area contributed by atoms with Crippen molar-refractivity contribution < 1.29 is 4.74 Å². The van der Waals surface area contributed by atoms with Crippen molar-refractivity contribution in [2.24, 2.45) is 0 Å². The number of para-hydroxylation sites is 1. The molecule has 2 aromatic heterocycles. The molecule has 0 saturated carbocycles. The molecule has 0 fully saturated rings. The highest BCUT2D eigenvalue weighted by Gasteiger charge is 2.14. The van der Waals surface area contributed by atoms with E-state index in [1.807, 2.05) is 60.0 Å². The first-order chi connectivity index (χ1) is 11.3. The highest BCUT2D eigenvalue weighted by atomic mass is 16.5. The van der Waals surface area contributed by atoms with Crippen molar-refractivity contribution in [1.29, 1.82) is 0 Å². The van der Waals surface area contributed by atoms with Gasteiger partial charge in [-0.25, -0.2) is 0 Å². The molecule has 4 rings (SSSR count). The molecule has 0 radical (unpaired) electrons. The smallest absolute Gasteiger partial charge is 0.257 e. The molecule has 6 nitrogen and oxygen atoms in total. The molecule has 0 unspecified atom stereocenters. The molecule has 0 amide bonds. The normalized spacial score (nSPS) is 11.0. The second-order valence-electron chi connectivity index (χ2n) is 5.12. The van der Waals surface area contributed by atoms with E-state index in [1.165, 1.54) is 0 Å². The lowest BCUT2D eigenvalue weighted by molar-refractivity contribution is 0.415. The number of rotatable bonds is 3. The minimum atomic E-state index is 0.561. The number of benzene rings is 2. The molecular weight excluding hydrogens is 290 g/mol. The molecule has 0 saturated heterocycles. The van der Waals surface area contributed by atoms with E-state index in [-0.39, 0.29) is 0 Å². The lowest BCUT2D eigenvalue weighted by Gasteiger charge is -2.09. The fourth-order valence-electron chi connectivity index (χ4n) is 2.74. The van der Waals surface area contributed by atoms with Crippen LogP contribution in [0.4, 0.5) is 5.82 Å². The topological polar surface area (TPSA) is 64.3 Å². The van der Waals surface area contributed by atoms with E-state index < -0.39 is 0 Å². The maximum atomic E-state index is 5.31. The van der Waals surface area contributed by atoms with Crippen LogP contribution in [0.15, 0.2) is 48.5 Å². The molecular formula is C17H15N5O. The summed E-state index contributed by atoms with van der Waals surface area (Å²) in [5.41, 5.74) is 1.94. The van der Waals surface area contributed by atoms with Crippen LogP contribution in [0, 0.1) is 0 Å². The van der Waals surface area contributed by atoms with E-state index in [1.54, 1.807) is 7.11 Å². The first-order valence-corrected chi connectivity index (χ1v) is 7.28. The third-order valence-electron chi connectivity index (χ3n) is 3.82. The van der Waals surface area contributed by atoms with Crippen molar-refractivity contribution in [2.75, 3.05) is 19.5 Å². The lowest BCUT2D eigenvalue weighted by atomic mass is 10.2. The van der Waals surface area contributed by atoms with Gasteiger partial charge in [0.05, 0.1) is 12.6 Å². The van der Waals surface area contributed by atoms with E-state index in [4.69, 9.17) is 4.74 Å². The molecule has 1 N–H and O–H groups in total. The van der Waals surface area contributed by atoms with Crippen LogP contribution >= 0.6 is 0 Å². The summed E-state index contributed by atoms with van der Waals surface area (Å²) < 4.78 is 7.27. The van der Waals surface area contributed by atoms with Crippen molar-refractivity contribution in [1.82, 2.24) is 19.6 Å². The monoisotopic (exact) mass is 305 g/mol. The number of hydrogen-bond acceptors (Lipinski definition) is 5. The van der Waals surface area contributed by atoms with Gasteiger partial charge in [0.25, 0.3) is 5.78 Å². The molecule has 4 aromatic rings. The zero-order chi connectivity index (χ0) is 15.8. The highest BCUT2D eigenvalue weighted by molar-refractivity contribution is 5.92. The fraction of sp³-hybridized carbons (Fsp3) is 0.118. The van der Waals surface area contributed by atoms with E-state index in [9.17, 15) is 0 Å². The molecule has 0 spiro atoms. The average molecular weight is 305 g/mol. The van der Waals surface area contributed by atoms with Gasteiger partial charge in [-0.2, -0.15) is 4.98 Å². The maximum Gasteiger partial charge on any atom is 0.257 e. The SMILES string of the molecule is CNc1nc2nnc(-c3cccc(OC)c3)n2c2ccccc12. The van der Waals surface area contributed by atoms with Crippen molar-refractivity contribution in [2.45, 2.75) is 0 Å². The van der Waals surface area contributed by atoms with Gasteiger partial charge in [0.15, 0.2) is 5.82 Å². The summed E-state index contributed by atoms with van der Waals surface area (Å²) in [6.45, 7) is 0. The maximum absolute atomic E-state index is 5.31. The minimum Gasteiger partial charge on any atom is -0.497 e. The Morgan fingerprint density at radius 1 is 1.04 bits per heavy atom. The zero-order valence-corrected chi connectivity index (χ0v) is 12.8. The predicted octanol–water partition coefficient (Wildman–Crippen LogP) is 2.99. The number of nitrogens with zero attached hydrogens (tertiary/aromatic N) is 4. The average Bonchev–Trinajstić information content (AvgIpc) is 3.05. The van der Waals surface area contributed by atoms with Gasteiger partial charge in [0.1, 0.15) is 11.6 Å². The Labute approximate surface area is 132 Å². The van der Waals surface area contributed by atoms with Crippen LogP contribution in [-0.2, 0) is 0 Å². The van der Waals surface area contributed by atoms with Gasteiger partial charge in [-0.05, 0) is 24.3 Å². The Hall–Kier alpha value is -3.15. The largest absolute Gasteiger partial charge is 0.497 e. The van der Waals surface area contributed by atoms with Crippen LogP contribution in [0.25, 0.3) is 28.1 Å². The summed E-state index contributed by atoms with van der Waals surface area (Å²) in [6.07, 6.45) is 0. The number of aromatic nitrogens is 4. The Kier molecular flexibility index (Phi) is 3.08. The third kappa shape index (κ3) is 2.07. The third-order valence-corrected chi connectivity index (χ3v) is 3.82. The van der Waals surface area contributed by atoms with Crippen LogP contribution in [-0.4, -0.2) is 33.7 Å². The molecule has 2 aromatic carbocycles. The zero-order valence-electron chi connectivity index (χ0n) is 12.8. The molecule has 0 aliphatic rings. The highest BCUT2D eigenvalue weighted by Crippen LogP contribution is 2.28. The molecule has 23 heavy (non-hydrogen) atoms. The summed E-state index contributed by atoms with van der Waals surface area (Å²) in [6, 6.07) is 15.8. The van der Waals surface area contributed by atoms with Gasteiger partial charge in [0.2, 0.25) is 0 Å². The summed E-state index contributed by atoms with van der Waals surface area (Å²) in [5, 5.41) is 12.7. The quantitative estimate of drug-likeness (QED) is 0.630. The Balaban J connectivity index is 2.07. The van der Waals surface area contributed by atoms with E-state index in [0.29, 0.717) is 5.78 Å². The molecule has 0 aliphatic heterocycles. The van der Waals surface area contributed by atoms with Gasteiger partial charge in [0, 0.05) is 18.0 Å². The van der Waals surface area contributed by atoms with Crippen molar-refractivity contribution >= 4 is 22.5 Å². The van der Waals surface area contributed by atoms with Gasteiger partial charge >= 0.3 is 0 Å². The number of ether oxygens (including phenoxy) is 1. The number of fused-ring (bicyclic) bond motifs is 3. The van der Waals surface area contributed by atoms with Crippen LogP contribution in [0.2, 0.25) is 0 Å². The standard InChI is InChI=1S/C17H15N5O/c1-18-15-13-8-3-4-9-14(13)22-16(20-21-17(22)19-15)11-6-5-7-12(10-11)23-2/h3-10H,1-2H3,(H,18,19,21). The molecule has 0 atom stereocenters. The van der Waals surface area contributed by atoms with Crippen LogP contribution in [0.5, 0.6) is 5.75 Å². The summed E-state index contributed by atoms with van der Waals surface area (Å²) in [5.74, 6) is 2.87. The second kappa shape index (κ2) is 5.24. The van der Waals surface area contributed by atoms with Gasteiger partial charge in [-0.3, -0.25) is 4.40 Å². The van der Waals surface area contributed by atoms with Crippen molar-refractivity contribution in [3.63, 3.8) is 0 Å². The molecule has 0 bridgehead atoms. The number of methoxy groups -OCH3 is 1. The van der Waals surface area contributed by atoms with E-state index in [0.717, 1.165) is 33.9 Å². The summed E-state index contributed by atoms with van der Waals surface area (Å²) in [4.78, 5) is 4.56. The van der Waals surface area contributed by atoms with Gasteiger partial charge < -0.3 is 10.1 Å². The fourth-order valence-corrected chi connectivity index (χ4v) is 2.74. The minimum absolute atomic E-state index is 0.561. The van der Waals surface area contributed by atoms with Crippen LogP contribution in [0.3, 0.4) is 0 Å². The lowest BCUT2D eigenvalue weighted by Crippen LogP contribution is -2.00. The first kappa shape index (κ1) is 13.5. The Bertz CT molecular complexity index is 1010. The summed E-state index contributed by atoms with van der Waals surface area (Å²) in [7, 11) is 3.50. The molecule has 6 heteroatoms. The van der Waals surface area contributed by atoms with Crippen molar-refractivity contribution in [3.8, 4) is 17.1 Å². The van der Waals surface area contributed by atoms with Gasteiger partial charge in [-0.1, -0.05) is 24.3 Å². The van der Waals surface area contributed by atoms with Crippen LogP contribution < -0.4 is 10.1 Å². The molecule has 114 valence electrons. The number of anilines is 1. The number of hydrogen-bond donors (Lipinski definition) is 1.